The molecule has 0 bridgehead atoms. The maximum absolute atomic E-state index is 12.3. The van der Waals surface area contributed by atoms with Crippen molar-refractivity contribution >= 4 is 12.1 Å². The summed E-state index contributed by atoms with van der Waals surface area (Å²) in [6.45, 7) is 6.09. The van der Waals surface area contributed by atoms with Crippen LogP contribution in [0.15, 0.2) is 47.6 Å². The van der Waals surface area contributed by atoms with Crippen LogP contribution in [0.1, 0.15) is 36.7 Å². The number of hydrazone groups is 1. The SMILES string of the molecule is CCOc1ccc(/C=N\NC(=O)c2ccccc2OC(C)C)cc1O. The molecule has 1 amide bonds. The van der Waals surface area contributed by atoms with Gasteiger partial charge in [0.15, 0.2) is 11.5 Å². The van der Waals surface area contributed by atoms with Gasteiger partial charge in [0, 0.05) is 0 Å². The number of phenolic OH excluding ortho intramolecular Hbond substituents is 1. The number of para-hydroxylation sites is 1. The van der Waals surface area contributed by atoms with Gasteiger partial charge < -0.3 is 14.6 Å². The fraction of sp³-hybridized carbons (Fsp3) is 0.263. The van der Waals surface area contributed by atoms with E-state index < -0.39 is 0 Å². The highest BCUT2D eigenvalue weighted by atomic mass is 16.5. The van der Waals surface area contributed by atoms with E-state index in [4.69, 9.17) is 9.47 Å². The molecule has 0 aromatic heterocycles. The first-order chi connectivity index (χ1) is 12.0. The Bertz CT molecular complexity index is 757. The molecule has 0 spiro atoms. The average Bonchev–Trinajstić information content (AvgIpc) is 2.57. The van der Waals surface area contributed by atoms with Gasteiger partial charge in [-0.2, -0.15) is 5.10 Å². The number of carbonyl (C=O) groups excluding carboxylic acids is 1. The van der Waals surface area contributed by atoms with Crippen LogP contribution in [0, 0.1) is 0 Å². The minimum atomic E-state index is -0.373. The largest absolute Gasteiger partial charge is 0.504 e. The third kappa shape index (κ3) is 5.24. The molecule has 6 nitrogen and oxygen atoms in total. The summed E-state index contributed by atoms with van der Waals surface area (Å²) in [6.07, 6.45) is 1.41. The van der Waals surface area contributed by atoms with Crippen molar-refractivity contribution in [1.82, 2.24) is 5.43 Å². The van der Waals surface area contributed by atoms with Crippen LogP contribution in [0.3, 0.4) is 0 Å². The molecule has 0 unspecified atom stereocenters. The molecular weight excluding hydrogens is 320 g/mol. The van der Waals surface area contributed by atoms with Crippen molar-refractivity contribution in [3.8, 4) is 17.2 Å². The normalized spacial score (nSPS) is 10.9. The van der Waals surface area contributed by atoms with E-state index in [1.165, 1.54) is 12.3 Å². The monoisotopic (exact) mass is 342 g/mol. The quantitative estimate of drug-likeness (QED) is 0.597. The van der Waals surface area contributed by atoms with Gasteiger partial charge in [0.2, 0.25) is 0 Å². The molecule has 0 radical (unpaired) electrons. The number of rotatable bonds is 7. The number of aromatic hydroxyl groups is 1. The maximum Gasteiger partial charge on any atom is 0.275 e. The summed E-state index contributed by atoms with van der Waals surface area (Å²) in [4.78, 5) is 12.3. The lowest BCUT2D eigenvalue weighted by Gasteiger charge is -2.12. The zero-order chi connectivity index (χ0) is 18.2. The van der Waals surface area contributed by atoms with Gasteiger partial charge in [-0.25, -0.2) is 5.43 Å². The van der Waals surface area contributed by atoms with Crippen LogP contribution in [0.4, 0.5) is 0 Å². The van der Waals surface area contributed by atoms with Crippen molar-refractivity contribution in [3.05, 3.63) is 53.6 Å². The van der Waals surface area contributed by atoms with Crippen molar-refractivity contribution in [2.24, 2.45) is 5.10 Å². The van der Waals surface area contributed by atoms with E-state index in [-0.39, 0.29) is 17.8 Å². The molecule has 2 rings (SSSR count). The van der Waals surface area contributed by atoms with E-state index in [1.54, 1.807) is 36.4 Å². The van der Waals surface area contributed by atoms with Crippen LogP contribution in [-0.4, -0.2) is 29.9 Å². The minimum Gasteiger partial charge on any atom is -0.504 e. The van der Waals surface area contributed by atoms with E-state index in [9.17, 15) is 9.90 Å². The van der Waals surface area contributed by atoms with Gasteiger partial charge >= 0.3 is 0 Å². The van der Waals surface area contributed by atoms with E-state index in [1.807, 2.05) is 20.8 Å². The van der Waals surface area contributed by atoms with E-state index in [0.717, 1.165) is 0 Å². The first kappa shape index (κ1) is 18.3. The first-order valence-electron chi connectivity index (χ1n) is 8.06. The Morgan fingerprint density at radius 1 is 1.24 bits per heavy atom. The van der Waals surface area contributed by atoms with Crippen molar-refractivity contribution < 1.29 is 19.4 Å². The molecule has 2 aromatic rings. The van der Waals surface area contributed by atoms with E-state index in [2.05, 4.69) is 10.5 Å². The Balaban J connectivity index is 2.05. The third-order valence-corrected chi connectivity index (χ3v) is 3.16. The van der Waals surface area contributed by atoms with E-state index in [0.29, 0.717) is 29.2 Å². The molecule has 25 heavy (non-hydrogen) atoms. The predicted molar refractivity (Wildman–Crippen MR) is 96.5 cm³/mol. The van der Waals surface area contributed by atoms with Crippen molar-refractivity contribution in [1.29, 1.82) is 0 Å². The molecule has 2 aromatic carbocycles. The number of amides is 1. The second-order valence-electron chi connectivity index (χ2n) is 5.52. The van der Waals surface area contributed by atoms with Gasteiger partial charge in [0.1, 0.15) is 5.75 Å². The Hall–Kier alpha value is -3.02. The average molecular weight is 342 g/mol. The zero-order valence-electron chi connectivity index (χ0n) is 14.5. The highest BCUT2D eigenvalue weighted by Crippen LogP contribution is 2.26. The van der Waals surface area contributed by atoms with Crippen LogP contribution < -0.4 is 14.9 Å². The summed E-state index contributed by atoms with van der Waals surface area (Å²) in [5, 5.41) is 13.8. The smallest absolute Gasteiger partial charge is 0.275 e. The summed E-state index contributed by atoms with van der Waals surface area (Å²) in [6, 6.07) is 11.9. The summed E-state index contributed by atoms with van der Waals surface area (Å²) >= 11 is 0. The molecule has 0 aliphatic carbocycles. The molecule has 6 heteroatoms. The number of carbonyl (C=O) groups is 1. The predicted octanol–water partition coefficient (Wildman–Crippen LogP) is 3.34. The number of hydrogen-bond acceptors (Lipinski definition) is 5. The molecule has 0 saturated carbocycles. The van der Waals surface area contributed by atoms with Gasteiger partial charge in [-0.05, 0) is 56.7 Å². The fourth-order valence-corrected chi connectivity index (χ4v) is 2.13. The number of ether oxygens (including phenoxy) is 2. The first-order valence-corrected chi connectivity index (χ1v) is 8.06. The van der Waals surface area contributed by atoms with E-state index >= 15 is 0 Å². The van der Waals surface area contributed by atoms with Crippen LogP contribution in [-0.2, 0) is 0 Å². The van der Waals surface area contributed by atoms with Gasteiger partial charge in [-0.1, -0.05) is 12.1 Å². The Morgan fingerprint density at radius 3 is 2.68 bits per heavy atom. The summed E-state index contributed by atoms with van der Waals surface area (Å²) in [5.74, 6) is 0.558. The molecule has 2 N–H and O–H groups in total. The Labute approximate surface area is 147 Å². The second kappa shape index (κ2) is 8.73. The number of nitrogens with one attached hydrogen (secondary N) is 1. The lowest BCUT2D eigenvalue weighted by molar-refractivity contribution is 0.0949. The Kier molecular flexibility index (Phi) is 6.39. The topological polar surface area (TPSA) is 80.2 Å². The highest BCUT2D eigenvalue weighted by molar-refractivity contribution is 5.97. The van der Waals surface area contributed by atoms with Crippen LogP contribution in [0.5, 0.6) is 17.2 Å². The molecule has 132 valence electrons. The molecule has 0 atom stereocenters. The molecule has 0 aliphatic rings. The second-order valence-corrected chi connectivity index (χ2v) is 5.52. The molecule has 0 aliphatic heterocycles. The van der Waals surface area contributed by atoms with Gasteiger partial charge in [0.25, 0.3) is 5.91 Å². The maximum atomic E-state index is 12.3. The highest BCUT2D eigenvalue weighted by Gasteiger charge is 2.12. The lowest BCUT2D eigenvalue weighted by Crippen LogP contribution is -2.19. The molecule has 0 fully saturated rings. The number of phenols is 1. The standard InChI is InChI=1S/C19H22N2O4/c1-4-24-18-10-9-14(11-16(18)22)12-20-21-19(23)15-7-5-6-8-17(15)25-13(2)3/h5-13,22H,4H2,1-3H3,(H,21,23)/b20-12-. The zero-order valence-corrected chi connectivity index (χ0v) is 14.5. The molecular formula is C19H22N2O4. The number of nitrogens with zero attached hydrogens (tertiary/aromatic N) is 1. The van der Waals surface area contributed by atoms with Gasteiger partial charge in [-0.15, -0.1) is 0 Å². The van der Waals surface area contributed by atoms with Crippen molar-refractivity contribution in [3.63, 3.8) is 0 Å². The fourth-order valence-electron chi connectivity index (χ4n) is 2.13. The summed E-state index contributed by atoms with van der Waals surface area (Å²) in [7, 11) is 0. The van der Waals surface area contributed by atoms with Crippen LogP contribution >= 0.6 is 0 Å². The molecule has 0 heterocycles. The summed E-state index contributed by atoms with van der Waals surface area (Å²) < 4.78 is 10.9. The minimum absolute atomic E-state index is 0.0211. The lowest BCUT2D eigenvalue weighted by atomic mass is 10.2. The number of hydrogen-bond donors (Lipinski definition) is 2. The third-order valence-electron chi connectivity index (χ3n) is 3.16. The van der Waals surface area contributed by atoms with Gasteiger partial charge in [0.05, 0.1) is 24.5 Å². The van der Waals surface area contributed by atoms with Crippen LogP contribution in [0.25, 0.3) is 0 Å². The molecule has 0 saturated heterocycles. The summed E-state index contributed by atoms with van der Waals surface area (Å²) in [5.41, 5.74) is 3.50. The van der Waals surface area contributed by atoms with Crippen molar-refractivity contribution in [2.45, 2.75) is 26.9 Å². The Morgan fingerprint density at radius 2 is 2.00 bits per heavy atom. The number of benzene rings is 2. The van der Waals surface area contributed by atoms with Gasteiger partial charge in [-0.3, -0.25) is 4.79 Å². The van der Waals surface area contributed by atoms with Crippen molar-refractivity contribution in [2.75, 3.05) is 6.61 Å². The van der Waals surface area contributed by atoms with Crippen LogP contribution in [0.2, 0.25) is 0 Å².